The van der Waals surface area contributed by atoms with Crippen molar-refractivity contribution in [1.29, 1.82) is 0 Å². The number of benzene rings is 1. The molecule has 0 aliphatic carbocycles. The number of carbonyl (C=O) groups excluding carboxylic acids is 1. The predicted octanol–water partition coefficient (Wildman–Crippen LogP) is 2.11. The number of nitrogens with one attached hydrogen (secondary N) is 2. The number of fused-ring (bicyclic) bond motifs is 1. The summed E-state index contributed by atoms with van der Waals surface area (Å²) in [5.74, 6) is 2.32. The third-order valence-electron chi connectivity index (χ3n) is 4.85. The molecular formula is C19H24N8O. The van der Waals surface area contributed by atoms with Crippen LogP contribution in [0.1, 0.15) is 19.3 Å². The van der Waals surface area contributed by atoms with Gasteiger partial charge in [-0.15, -0.1) is 0 Å². The van der Waals surface area contributed by atoms with E-state index in [-0.39, 0.29) is 11.9 Å². The molecule has 3 heterocycles. The average molecular weight is 380 g/mol. The van der Waals surface area contributed by atoms with E-state index in [0.717, 1.165) is 37.0 Å². The monoisotopic (exact) mass is 380 g/mol. The number of aryl methyl sites for hydroxylation is 1. The maximum Gasteiger partial charge on any atom is 0.223 e. The van der Waals surface area contributed by atoms with Crippen LogP contribution < -0.4 is 16.4 Å². The highest BCUT2D eigenvalue weighted by atomic mass is 16.2. The van der Waals surface area contributed by atoms with Crippen molar-refractivity contribution < 1.29 is 4.79 Å². The number of likely N-dealkylation sites (tertiary alicyclic amines) is 1. The van der Waals surface area contributed by atoms with Gasteiger partial charge in [-0.1, -0.05) is 12.1 Å². The van der Waals surface area contributed by atoms with Crippen molar-refractivity contribution in [3.63, 3.8) is 0 Å². The molecule has 9 nitrogen and oxygen atoms in total. The summed E-state index contributed by atoms with van der Waals surface area (Å²) in [6.45, 7) is 2.33. The molecule has 1 aromatic carbocycles. The highest BCUT2D eigenvalue weighted by Gasteiger charge is 2.19. The van der Waals surface area contributed by atoms with E-state index in [1.54, 1.807) is 6.07 Å². The van der Waals surface area contributed by atoms with Crippen LogP contribution in [0.3, 0.4) is 0 Å². The Morgan fingerprint density at radius 2 is 2.00 bits per heavy atom. The Bertz CT molecular complexity index is 999. The highest BCUT2D eigenvalue weighted by Crippen LogP contribution is 2.22. The summed E-state index contributed by atoms with van der Waals surface area (Å²) < 4.78 is 1.97. The van der Waals surface area contributed by atoms with Gasteiger partial charge >= 0.3 is 0 Å². The SMILES string of the molecule is Cn1c(Nc2cc(NCCCN3CCCC3=O)nc(N)n2)nc2ccccc21. The van der Waals surface area contributed by atoms with Crippen LogP contribution in [0.2, 0.25) is 0 Å². The number of nitrogen functional groups attached to an aromatic ring is 1. The van der Waals surface area contributed by atoms with Crippen molar-refractivity contribution in [1.82, 2.24) is 24.4 Å². The second-order valence-corrected chi connectivity index (χ2v) is 6.87. The smallest absolute Gasteiger partial charge is 0.223 e. The Balaban J connectivity index is 1.40. The van der Waals surface area contributed by atoms with E-state index in [0.29, 0.717) is 30.5 Å². The molecule has 1 saturated heterocycles. The fourth-order valence-corrected chi connectivity index (χ4v) is 3.42. The van der Waals surface area contributed by atoms with Gasteiger partial charge in [0.05, 0.1) is 11.0 Å². The van der Waals surface area contributed by atoms with E-state index >= 15 is 0 Å². The topological polar surface area (TPSA) is 114 Å². The minimum Gasteiger partial charge on any atom is -0.370 e. The standard InChI is InChI=1S/C19H24N8O/c1-26-14-7-3-2-6-13(14)22-19(26)25-16-12-15(23-18(20)24-16)21-9-5-11-27-10-4-8-17(27)28/h2-3,6-7,12H,4-5,8-11H2,1H3,(H4,20,21,22,23,24,25). The quantitative estimate of drug-likeness (QED) is 0.538. The molecule has 2 aromatic heterocycles. The number of nitrogens with zero attached hydrogens (tertiary/aromatic N) is 5. The number of nitrogens with two attached hydrogens (primary N) is 1. The first-order valence-corrected chi connectivity index (χ1v) is 9.45. The van der Waals surface area contributed by atoms with Crippen LogP contribution in [0, 0.1) is 0 Å². The number of carbonyl (C=O) groups is 1. The number of hydrogen-bond donors (Lipinski definition) is 3. The molecule has 4 rings (SSSR count). The normalized spacial score (nSPS) is 14.0. The second kappa shape index (κ2) is 7.71. The Morgan fingerprint density at radius 3 is 2.79 bits per heavy atom. The van der Waals surface area contributed by atoms with E-state index in [1.807, 2.05) is 40.8 Å². The molecule has 1 aliphatic rings. The van der Waals surface area contributed by atoms with E-state index in [4.69, 9.17) is 5.73 Å². The zero-order valence-corrected chi connectivity index (χ0v) is 15.9. The van der Waals surface area contributed by atoms with Gasteiger partial charge in [0.1, 0.15) is 11.6 Å². The summed E-state index contributed by atoms with van der Waals surface area (Å²) in [4.78, 5) is 26.6. The largest absolute Gasteiger partial charge is 0.370 e. The molecule has 28 heavy (non-hydrogen) atoms. The number of anilines is 4. The predicted molar refractivity (Wildman–Crippen MR) is 109 cm³/mol. The lowest BCUT2D eigenvalue weighted by Gasteiger charge is -2.15. The molecule has 0 bridgehead atoms. The van der Waals surface area contributed by atoms with Crippen LogP contribution in [-0.2, 0) is 11.8 Å². The first-order chi connectivity index (χ1) is 13.6. The van der Waals surface area contributed by atoms with E-state index < -0.39 is 0 Å². The van der Waals surface area contributed by atoms with Crippen molar-refractivity contribution in [2.45, 2.75) is 19.3 Å². The summed E-state index contributed by atoms with van der Waals surface area (Å²) >= 11 is 0. The van der Waals surface area contributed by atoms with Crippen LogP contribution >= 0.6 is 0 Å². The highest BCUT2D eigenvalue weighted by molar-refractivity contribution is 5.79. The molecule has 146 valence electrons. The Morgan fingerprint density at radius 1 is 1.18 bits per heavy atom. The number of para-hydroxylation sites is 2. The molecule has 0 atom stereocenters. The first kappa shape index (κ1) is 18.0. The molecule has 1 fully saturated rings. The van der Waals surface area contributed by atoms with Gasteiger partial charge in [-0.3, -0.25) is 4.79 Å². The molecule has 0 saturated carbocycles. The van der Waals surface area contributed by atoms with Crippen LogP contribution in [0.15, 0.2) is 30.3 Å². The van der Waals surface area contributed by atoms with Crippen molar-refractivity contribution in [2.75, 3.05) is 36.0 Å². The fourth-order valence-electron chi connectivity index (χ4n) is 3.42. The molecule has 9 heteroatoms. The number of hydrogen-bond acceptors (Lipinski definition) is 7. The van der Waals surface area contributed by atoms with Gasteiger partial charge in [0.15, 0.2) is 0 Å². The minimum absolute atomic E-state index is 0.181. The van der Waals surface area contributed by atoms with Crippen LogP contribution in [-0.4, -0.2) is 50.0 Å². The second-order valence-electron chi connectivity index (χ2n) is 6.87. The summed E-state index contributed by atoms with van der Waals surface area (Å²) in [5.41, 5.74) is 7.80. The Hall–Kier alpha value is -3.36. The zero-order chi connectivity index (χ0) is 19.5. The van der Waals surface area contributed by atoms with Gasteiger partial charge in [-0.05, 0) is 25.0 Å². The summed E-state index contributed by atoms with van der Waals surface area (Å²) in [7, 11) is 1.95. The lowest BCUT2D eigenvalue weighted by Crippen LogP contribution is -2.27. The van der Waals surface area contributed by atoms with Gasteiger partial charge in [0.2, 0.25) is 17.8 Å². The molecule has 1 amide bonds. The minimum atomic E-state index is 0.181. The van der Waals surface area contributed by atoms with Crippen molar-refractivity contribution in [3.05, 3.63) is 30.3 Å². The maximum absolute atomic E-state index is 11.6. The van der Waals surface area contributed by atoms with E-state index in [9.17, 15) is 4.79 Å². The Labute approximate surface area is 163 Å². The summed E-state index contributed by atoms with van der Waals surface area (Å²) in [6, 6.07) is 9.72. The Kier molecular flexibility index (Phi) is 4.96. The lowest BCUT2D eigenvalue weighted by atomic mass is 10.3. The molecule has 4 N–H and O–H groups in total. The van der Waals surface area contributed by atoms with Crippen LogP contribution in [0.5, 0.6) is 0 Å². The summed E-state index contributed by atoms with van der Waals surface area (Å²) in [6.07, 6.45) is 2.49. The number of amides is 1. The molecule has 0 radical (unpaired) electrons. The van der Waals surface area contributed by atoms with E-state index in [2.05, 4.69) is 25.6 Å². The zero-order valence-electron chi connectivity index (χ0n) is 15.9. The lowest BCUT2D eigenvalue weighted by molar-refractivity contribution is -0.127. The number of aromatic nitrogens is 4. The molecular weight excluding hydrogens is 356 g/mol. The third-order valence-corrected chi connectivity index (χ3v) is 4.85. The van der Waals surface area contributed by atoms with Crippen LogP contribution in [0.4, 0.5) is 23.5 Å². The van der Waals surface area contributed by atoms with Gasteiger partial charge in [-0.2, -0.15) is 9.97 Å². The van der Waals surface area contributed by atoms with E-state index in [1.165, 1.54) is 0 Å². The van der Waals surface area contributed by atoms with Crippen LogP contribution in [0.25, 0.3) is 11.0 Å². The first-order valence-electron chi connectivity index (χ1n) is 9.45. The molecule has 3 aromatic rings. The van der Waals surface area contributed by atoms with Gasteiger partial charge < -0.3 is 25.8 Å². The fraction of sp³-hybridized carbons (Fsp3) is 0.368. The van der Waals surface area contributed by atoms with Crippen molar-refractivity contribution in [2.24, 2.45) is 7.05 Å². The number of imidazole rings is 1. The van der Waals surface area contributed by atoms with Gasteiger partial charge in [0, 0.05) is 39.2 Å². The molecule has 0 spiro atoms. The van der Waals surface area contributed by atoms with Gasteiger partial charge in [-0.25, -0.2) is 4.98 Å². The molecule has 0 unspecified atom stereocenters. The molecule has 1 aliphatic heterocycles. The summed E-state index contributed by atoms with van der Waals surface area (Å²) in [5, 5.41) is 6.47. The maximum atomic E-state index is 11.6. The van der Waals surface area contributed by atoms with Crippen molar-refractivity contribution >= 4 is 40.5 Å². The third kappa shape index (κ3) is 3.83. The average Bonchev–Trinajstić information content (AvgIpc) is 3.22. The van der Waals surface area contributed by atoms with Gasteiger partial charge in [0.25, 0.3) is 0 Å². The van der Waals surface area contributed by atoms with Crippen molar-refractivity contribution in [3.8, 4) is 0 Å². The number of rotatable bonds is 7.